The molecule has 0 rings (SSSR count). The number of rotatable bonds is 5. The van der Waals surface area contributed by atoms with Gasteiger partial charge in [-0.05, 0) is 0 Å². The van der Waals surface area contributed by atoms with Crippen molar-refractivity contribution in [3.05, 3.63) is 0 Å². The molecule has 0 bridgehead atoms. The average molecular weight is 217 g/mol. The van der Waals surface area contributed by atoms with Crippen LogP contribution in [0.25, 0.3) is 0 Å². The Balaban J connectivity index is 3.81. The molecule has 0 aromatic heterocycles. The average Bonchev–Trinajstić information content (AvgIpc) is 2.14. The molecule has 0 aliphatic rings. The minimum Gasteiger partial charge on any atom is -0.297 e. The summed E-state index contributed by atoms with van der Waals surface area (Å²) in [6, 6.07) is 0. The van der Waals surface area contributed by atoms with Crippen LogP contribution >= 0.6 is 8.25 Å². The van der Waals surface area contributed by atoms with Crippen LogP contribution in [-0.4, -0.2) is 17.3 Å². The fraction of sp³-hybridized carbons (Fsp3) is 0.667. The summed E-state index contributed by atoms with van der Waals surface area (Å²) in [7, 11) is -2.68. The van der Waals surface area contributed by atoms with Crippen molar-refractivity contribution in [1.29, 1.82) is 0 Å². The Morgan fingerprint density at radius 2 is 2.21 bits per heavy atom. The van der Waals surface area contributed by atoms with Crippen molar-refractivity contribution in [3.63, 3.8) is 0 Å². The van der Waals surface area contributed by atoms with E-state index < -0.39 is 8.25 Å². The van der Waals surface area contributed by atoms with Crippen molar-refractivity contribution in [3.8, 4) is 11.8 Å². The summed E-state index contributed by atoms with van der Waals surface area (Å²) < 4.78 is 14.4. The maximum Gasteiger partial charge on any atom is 0.695 e. The summed E-state index contributed by atoms with van der Waals surface area (Å²) in [4.78, 5) is 19.5. The van der Waals surface area contributed by atoms with Crippen LogP contribution in [-0.2, 0) is 13.9 Å². The number of Topliss-reactive ketones (excluding diaryl/α,β-unsaturated/α-hetero) is 1. The number of carbonyl (C=O) groups is 1. The highest BCUT2D eigenvalue weighted by molar-refractivity contribution is 7.32. The molecule has 0 aromatic carbocycles. The molecule has 0 saturated heterocycles. The van der Waals surface area contributed by atoms with Crippen LogP contribution < -0.4 is 0 Å². The van der Waals surface area contributed by atoms with Gasteiger partial charge >= 0.3 is 8.25 Å². The second-order valence-corrected chi connectivity index (χ2v) is 3.52. The van der Waals surface area contributed by atoms with Gasteiger partial charge in [-0.15, -0.1) is 21.3 Å². The van der Waals surface area contributed by atoms with E-state index in [0.29, 0.717) is 6.42 Å². The van der Waals surface area contributed by atoms with Crippen molar-refractivity contribution >= 4 is 14.0 Å². The molecular weight excluding hydrogens is 203 g/mol. The maximum absolute atomic E-state index is 11.2. The van der Waals surface area contributed by atoms with E-state index >= 15 is 0 Å². The predicted molar refractivity (Wildman–Crippen MR) is 52.6 cm³/mol. The van der Waals surface area contributed by atoms with E-state index in [2.05, 4.69) is 16.4 Å². The molecule has 0 heterocycles. The first-order valence-electron chi connectivity index (χ1n) is 4.35. The molecule has 0 amide bonds. The number of carbonyl (C=O) groups excluding carboxylic acids is 1. The van der Waals surface area contributed by atoms with Gasteiger partial charge in [0.05, 0.1) is 0 Å². The molecule has 2 atom stereocenters. The smallest absolute Gasteiger partial charge is 0.297 e. The van der Waals surface area contributed by atoms with Crippen LogP contribution in [0.15, 0.2) is 0 Å². The van der Waals surface area contributed by atoms with Gasteiger partial charge in [-0.1, -0.05) is 13.8 Å². The molecule has 2 unspecified atom stereocenters. The van der Waals surface area contributed by atoms with Crippen LogP contribution in [0.2, 0.25) is 0 Å². The van der Waals surface area contributed by atoms with E-state index in [0.717, 1.165) is 6.42 Å². The SMILES string of the molecule is CCC#CCC(C)C(=O)CO[P+](=O)O. The lowest BCUT2D eigenvalue weighted by molar-refractivity contribution is -0.124. The zero-order valence-electron chi connectivity index (χ0n) is 8.32. The summed E-state index contributed by atoms with van der Waals surface area (Å²) in [6.07, 6.45) is 1.23. The summed E-state index contributed by atoms with van der Waals surface area (Å²) in [5, 5.41) is 0. The topological polar surface area (TPSA) is 63.6 Å². The van der Waals surface area contributed by atoms with Gasteiger partial charge in [0.2, 0.25) is 0 Å². The number of hydrogen-bond acceptors (Lipinski definition) is 3. The van der Waals surface area contributed by atoms with Crippen LogP contribution in [0.5, 0.6) is 0 Å². The Morgan fingerprint density at radius 1 is 1.57 bits per heavy atom. The Bertz CT molecular complexity index is 264. The summed E-state index contributed by atoms with van der Waals surface area (Å²) in [5.41, 5.74) is 0. The molecule has 0 aliphatic heterocycles. The quantitative estimate of drug-likeness (QED) is 0.562. The lowest BCUT2D eigenvalue weighted by Gasteiger charge is -2.01. The highest BCUT2D eigenvalue weighted by Gasteiger charge is 2.19. The molecule has 5 heteroatoms. The minimum absolute atomic E-state index is 0.201. The van der Waals surface area contributed by atoms with E-state index in [4.69, 9.17) is 4.89 Å². The molecule has 0 aliphatic carbocycles. The van der Waals surface area contributed by atoms with Gasteiger partial charge in [-0.25, -0.2) is 0 Å². The van der Waals surface area contributed by atoms with Gasteiger partial charge in [-0.3, -0.25) is 4.79 Å². The first-order valence-corrected chi connectivity index (χ1v) is 5.48. The second kappa shape index (κ2) is 7.64. The van der Waals surface area contributed by atoms with Gasteiger partial charge in [0.25, 0.3) is 0 Å². The summed E-state index contributed by atoms with van der Waals surface area (Å²) in [5.74, 6) is 5.24. The molecular formula is C9H14O4P+. The largest absolute Gasteiger partial charge is 0.695 e. The van der Waals surface area contributed by atoms with Crippen LogP contribution in [0.4, 0.5) is 0 Å². The van der Waals surface area contributed by atoms with Crippen molar-refractivity contribution in [2.24, 2.45) is 5.92 Å². The van der Waals surface area contributed by atoms with E-state index in [-0.39, 0.29) is 18.3 Å². The number of ketones is 1. The third-order valence-corrected chi connectivity index (χ3v) is 1.93. The van der Waals surface area contributed by atoms with E-state index in [1.165, 1.54) is 0 Å². The van der Waals surface area contributed by atoms with E-state index in [1.54, 1.807) is 6.92 Å². The Hall–Kier alpha value is -0.750. The fourth-order valence-corrected chi connectivity index (χ4v) is 0.963. The molecule has 0 aromatic rings. The van der Waals surface area contributed by atoms with Gasteiger partial charge in [0.1, 0.15) is 0 Å². The van der Waals surface area contributed by atoms with E-state index in [9.17, 15) is 9.36 Å². The third-order valence-electron chi connectivity index (χ3n) is 1.58. The van der Waals surface area contributed by atoms with Gasteiger partial charge < -0.3 is 0 Å². The Labute approximate surface area is 84.6 Å². The van der Waals surface area contributed by atoms with Crippen LogP contribution in [0, 0.1) is 17.8 Å². The van der Waals surface area contributed by atoms with Crippen molar-refractivity contribution in [1.82, 2.24) is 0 Å². The number of hydrogen-bond donors (Lipinski definition) is 1. The summed E-state index contributed by atoms with van der Waals surface area (Å²) in [6.45, 7) is 3.33. The van der Waals surface area contributed by atoms with Crippen molar-refractivity contribution in [2.75, 3.05) is 6.61 Å². The van der Waals surface area contributed by atoms with Crippen molar-refractivity contribution in [2.45, 2.75) is 26.7 Å². The molecule has 0 fully saturated rings. The highest BCUT2D eigenvalue weighted by atomic mass is 31.1. The zero-order chi connectivity index (χ0) is 11.0. The monoisotopic (exact) mass is 217 g/mol. The third kappa shape index (κ3) is 6.73. The highest BCUT2D eigenvalue weighted by Crippen LogP contribution is 2.15. The minimum atomic E-state index is -2.68. The molecule has 0 radical (unpaired) electrons. The van der Waals surface area contributed by atoms with Gasteiger partial charge in [-0.2, -0.15) is 0 Å². The normalized spacial score (nSPS) is 12.6. The predicted octanol–water partition coefficient (Wildman–Crippen LogP) is 1.66. The molecule has 14 heavy (non-hydrogen) atoms. The maximum atomic E-state index is 11.2. The van der Waals surface area contributed by atoms with E-state index in [1.807, 2.05) is 6.92 Å². The van der Waals surface area contributed by atoms with Crippen LogP contribution in [0.1, 0.15) is 26.7 Å². The Morgan fingerprint density at radius 3 is 2.71 bits per heavy atom. The molecule has 78 valence electrons. The summed E-state index contributed by atoms with van der Waals surface area (Å²) >= 11 is 0. The fourth-order valence-electron chi connectivity index (χ4n) is 0.725. The molecule has 1 N–H and O–H groups in total. The first-order chi connectivity index (χ1) is 6.57. The molecule has 4 nitrogen and oxygen atoms in total. The first kappa shape index (κ1) is 13.2. The second-order valence-electron chi connectivity index (χ2n) is 2.79. The standard InChI is InChI=1S/C9H13O4P/c1-3-4-5-6-8(2)9(10)7-13-14(11)12/h8H,3,6-7H2,1-2H3/p+1. The van der Waals surface area contributed by atoms with Gasteiger partial charge in [0, 0.05) is 23.3 Å². The van der Waals surface area contributed by atoms with Crippen LogP contribution in [0.3, 0.4) is 0 Å². The molecule has 0 spiro atoms. The Kier molecular flexibility index (Phi) is 7.23. The zero-order valence-corrected chi connectivity index (χ0v) is 9.21. The molecule has 0 saturated carbocycles. The van der Waals surface area contributed by atoms with Gasteiger partial charge in [0.15, 0.2) is 12.4 Å². The van der Waals surface area contributed by atoms with Crippen molar-refractivity contribution < 1.29 is 18.8 Å². The lowest BCUT2D eigenvalue weighted by Crippen LogP contribution is -2.15. The lowest BCUT2D eigenvalue weighted by atomic mass is 10.0.